The van der Waals surface area contributed by atoms with Gasteiger partial charge in [0.1, 0.15) is 12.6 Å². The molecule has 2 N–H and O–H groups in total. The number of nitrogens with zero attached hydrogens (tertiary/aromatic N) is 1. The number of carbonyl (C=O) groups excluding carboxylic acids is 2. The van der Waals surface area contributed by atoms with E-state index in [9.17, 15) is 14.9 Å². The maximum Gasteiger partial charge on any atom is 0.408 e. The second-order valence-electron chi connectivity index (χ2n) is 6.11. The summed E-state index contributed by atoms with van der Waals surface area (Å²) in [5.41, 5.74) is 0.462. The predicted octanol–water partition coefficient (Wildman–Crippen LogP) is 2.36. The summed E-state index contributed by atoms with van der Waals surface area (Å²) >= 11 is 0. The predicted molar refractivity (Wildman–Crippen MR) is 86.2 cm³/mol. The van der Waals surface area contributed by atoms with Crippen molar-refractivity contribution in [3.8, 4) is 6.07 Å². The number of hydrogen-bond donors (Lipinski definition) is 2. The smallest absolute Gasteiger partial charge is 0.408 e. The average Bonchev–Trinajstić information content (AvgIpc) is 2.52. The van der Waals surface area contributed by atoms with E-state index in [-0.39, 0.29) is 18.9 Å². The number of benzene rings is 1. The van der Waals surface area contributed by atoms with Gasteiger partial charge in [0.15, 0.2) is 0 Å². The van der Waals surface area contributed by atoms with Crippen molar-refractivity contribution in [3.05, 3.63) is 35.9 Å². The van der Waals surface area contributed by atoms with Gasteiger partial charge in [-0.05, 0) is 17.4 Å². The molecule has 0 saturated heterocycles. The number of alkyl carbamates (subject to hydrolysis) is 1. The Kier molecular flexibility index (Phi) is 7.07. The van der Waals surface area contributed by atoms with Crippen LogP contribution in [0.4, 0.5) is 4.79 Å². The molecule has 6 nitrogen and oxygen atoms in total. The van der Waals surface area contributed by atoms with Crippen LogP contribution in [-0.4, -0.2) is 25.1 Å². The largest absolute Gasteiger partial charge is 0.445 e. The van der Waals surface area contributed by atoms with E-state index in [0.717, 1.165) is 5.56 Å². The Balaban J connectivity index is 2.47. The first kappa shape index (κ1) is 18.5. The highest BCUT2D eigenvalue weighted by Gasteiger charge is 2.27. The molecule has 1 aromatic carbocycles. The fourth-order valence-electron chi connectivity index (χ4n) is 2.18. The average molecular weight is 317 g/mol. The maximum atomic E-state index is 11.8. The monoisotopic (exact) mass is 317 g/mol. The van der Waals surface area contributed by atoms with E-state index in [0.29, 0.717) is 6.42 Å². The van der Waals surface area contributed by atoms with Crippen molar-refractivity contribution >= 4 is 12.0 Å². The Hall–Kier alpha value is -2.55. The lowest BCUT2D eigenvalue weighted by Crippen LogP contribution is -2.38. The molecule has 0 aliphatic heterocycles. The molecule has 0 radical (unpaired) electrons. The van der Waals surface area contributed by atoms with Gasteiger partial charge >= 0.3 is 6.09 Å². The Morgan fingerprint density at radius 3 is 2.52 bits per heavy atom. The van der Waals surface area contributed by atoms with Gasteiger partial charge in [0.2, 0.25) is 5.91 Å². The molecule has 6 heteroatoms. The number of ether oxygens (including phenoxy) is 1. The minimum absolute atomic E-state index is 0.0988. The van der Waals surface area contributed by atoms with Crippen LogP contribution in [0.25, 0.3) is 0 Å². The zero-order valence-corrected chi connectivity index (χ0v) is 13.8. The number of hydrogen-bond acceptors (Lipinski definition) is 4. The zero-order valence-electron chi connectivity index (χ0n) is 13.8. The summed E-state index contributed by atoms with van der Waals surface area (Å²) in [6.07, 6.45) is -0.00379. The lowest BCUT2D eigenvalue weighted by atomic mass is 9.82. The second kappa shape index (κ2) is 8.79. The molecule has 0 spiro atoms. The fraction of sp³-hybridized carbons (Fsp3) is 0.471. The third-order valence-corrected chi connectivity index (χ3v) is 3.34. The minimum Gasteiger partial charge on any atom is -0.445 e. The summed E-state index contributed by atoms with van der Waals surface area (Å²) in [5, 5.41) is 14.3. The van der Waals surface area contributed by atoms with Gasteiger partial charge < -0.3 is 15.4 Å². The van der Waals surface area contributed by atoms with Crippen molar-refractivity contribution in [1.82, 2.24) is 10.6 Å². The van der Waals surface area contributed by atoms with Crippen molar-refractivity contribution in [1.29, 1.82) is 5.26 Å². The number of amides is 2. The molecule has 124 valence electrons. The molecule has 0 fully saturated rings. The summed E-state index contributed by atoms with van der Waals surface area (Å²) in [6, 6.07) is 10.6. The van der Waals surface area contributed by atoms with E-state index >= 15 is 0 Å². The van der Waals surface area contributed by atoms with E-state index in [1.807, 2.05) is 50.2 Å². The fourth-order valence-corrected chi connectivity index (χ4v) is 2.18. The molecule has 1 unspecified atom stereocenters. The molecule has 1 atom stereocenters. The van der Waals surface area contributed by atoms with Crippen molar-refractivity contribution in [2.45, 2.75) is 39.3 Å². The van der Waals surface area contributed by atoms with Crippen molar-refractivity contribution < 1.29 is 14.3 Å². The number of nitrogens with one attached hydrogen (secondary N) is 2. The van der Waals surface area contributed by atoms with Gasteiger partial charge in [0.05, 0.1) is 6.07 Å². The van der Waals surface area contributed by atoms with Gasteiger partial charge in [-0.25, -0.2) is 4.79 Å². The summed E-state index contributed by atoms with van der Waals surface area (Å²) in [5.74, 6) is -0.0988. The quantitative estimate of drug-likeness (QED) is 0.807. The molecule has 0 bridgehead atoms. The first-order valence-electron chi connectivity index (χ1n) is 7.44. The Morgan fingerprint density at radius 1 is 1.30 bits per heavy atom. The number of rotatable bonds is 7. The van der Waals surface area contributed by atoms with Gasteiger partial charge in [0.25, 0.3) is 0 Å². The minimum atomic E-state index is -0.710. The first-order valence-corrected chi connectivity index (χ1v) is 7.44. The van der Waals surface area contributed by atoms with Crippen molar-refractivity contribution in [2.75, 3.05) is 7.05 Å². The lowest BCUT2D eigenvalue weighted by molar-refractivity contribution is -0.122. The standard InChI is InChI=1S/C17H23N3O3/c1-17(2,10-15(21)19-3)9-14(11-18)20-16(22)23-12-13-7-5-4-6-8-13/h4-8,14H,9-10,12H2,1-3H3,(H,19,21)(H,20,22). The number of carbonyl (C=O) groups is 2. The van der Waals surface area contributed by atoms with Gasteiger partial charge in [-0.2, -0.15) is 5.26 Å². The van der Waals surface area contributed by atoms with Crippen molar-refractivity contribution in [2.24, 2.45) is 5.41 Å². The molecule has 2 amide bonds. The topological polar surface area (TPSA) is 91.2 Å². The highest BCUT2D eigenvalue weighted by Crippen LogP contribution is 2.26. The van der Waals surface area contributed by atoms with Crippen LogP contribution in [0, 0.1) is 16.7 Å². The SMILES string of the molecule is CNC(=O)CC(C)(C)CC(C#N)NC(=O)OCc1ccccc1. The van der Waals surface area contributed by atoms with Crippen LogP contribution in [0.5, 0.6) is 0 Å². The molecule has 0 heterocycles. The third kappa shape index (κ3) is 7.32. The molecule has 0 saturated carbocycles. The third-order valence-electron chi connectivity index (χ3n) is 3.34. The normalized spacial score (nSPS) is 11.9. The summed E-state index contributed by atoms with van der Waals surface area (Å²) in [4.78, 5) is 23.3. The van der Waals surface area contributed by atoms with E-state index in [2.05, 4.69) is 10.6 Å². The molecule has 1 aromatic rings. The van der Waals surface area contributed by atoms with Gasteiger partial charge in [-0.1, -0.05) is 44.2 Å². The van der Waals surface area contributed by atoms with Crippen LogP contribution in [0.2, 0.25) is 0 Å². The van der Waals surface area contributed by atoms with Crippen LogP contribution in [-0.2, 0) is 16.1 Å². The zero-order chi connectivity index (χ0) is 17.3. The molecule has 0 aromatic heterocycles. The highest BCUT2D eigenvalue weighted by atomic mass is 16.5. The van der Waals surface area contributed by atoms with Crippen LogP contribution >= 0.6 is 0 Å². The van der Waals surface area contributed by atoms with Crippen LogP contribution in [0.15, 0.2) is 30.3 Å². The Labute approximate surface area is 136 Å². The second-order valence-corrected chi connectivity index (χ2v) is 6.11. The molecular formula is C17H23N3O3. The highest BCUT2D eigenvalue weighted by molar-refractivity contribution is 5.76. The summed E-state index contributed by atoms with van der Waals surface area (Å²) in [6.45, 7) is 3.90. The van der Waals surface area contributed by atoms with Crippen LogP contribution < -0.4 is 10.6 Å². The van der Waals surface area contributed by atoms with Gasteiger partial charge in [-0.3, -0.25) is 4.79 Å². The first-order chi connectivity index (χ1) is 10.9. The van der Waals surface area contributed by atoms with E-state index < -0.39 is 17.6 Å². The van der Waals surface area contributed by atoms with E-state index in [1.165, 1.54) is 0 Å². The lowest BCUT2D eigenvalue weighted by Gasteiger charge is -2.26. The van der Waals surface area contributed by atoms with Crippen LogP contribution in [0.3, 0.4) is 0 Å². The molecule has 0 aliphatic carbocycles. The maximum absolute atomic E-state index is 11.8. The Bertz CT molecular complexity index is 564. The summed E-state index contributed by atoms with van der Waals surface area (Å²) < 4.78 is 5.10. The molecule has 0 aliphatic rings. The Morgan fingerprint density at radius 2 is 1.96 bits per heavy atom. The number of nitriles is 1. The van der Waals surface area contributed by atoms with Gasteiger partial charge in [0, 0.05) is 13.5 Å². The summed E-state index contributed by atoms with van der Waals surface area (Å²) in [7, 11) is 1.57. The van der Waals surface area contributed by atoms with Crippen molar-refractivity contribution in [3.63, 3.8) is 0 Å². The van der Waals surface area contributed by atoms with E-state index in [4.69, 9.17) is 4.74 Å². The molecule has 23 heavy (non-hydrogen) atoms. The van der Waals surface area contributed by atoms with Crippen LogP contribution in [0.1, 0.15) is 32.3 Å². The van der Waals surface area contributed by atoms with Gasteiger partial charge in [-0.15, -0.1) is 0 Å². The molecular weight excluding hydrogens is 294 g/mol. The molecule has 1 rings (SSSR count). The van der Waals surface area contributed by atoms with E-state index in [1.54, 1.807) is 7.05 Å².